The van der Waals surface area contributed by atoms with E-state index in [9.17, 15) is 14.9 Å². The summed E-state index contributed by atoms with van der Waals surface area (Å²) in [4.78, 5) is 24.1. The first-order valence-corrected chi connectivity index (χ1v) is 6.09. The molecule has 0 spiro atoms. The van der Waals surface area contributed by atoms with Crippen LogP contribution in [-0.4, -0.2) is 28.8 Å². The Hall–Kier alpha value is -2.15. The second-order valence-corrected chi connectivity index (χ2v) is 4.02. The lowest BCUT2D eigenvalue weighted by Crippen LogP contribution is -2.31. The van der Waals surface area contributed by atoms with Gasteiger partial charge in [0, 0.05) is 24.7 Å². The van der Waals surface area contributed by atoms with Crippen molar-refractivity contribution in [2.45, 2.75) is 20.3 Å². The first-order valence-electron chi connectivity index (χ1n) is 6.09. The molecule has 1 aromatic carbocycles. The van der Waals surface area contributed by atoms with Crippen LogP contribution in [0.4, 0.5) is 11.4 Å². The highest BCUT2D eigenvalue weighted by Gasteiger charge is 2.18. The Morgan fingerprint density at radius 3 is 2.63 bits per heavy atom. The fraction of sp³-hybridized carbons (Fsp3) is 0.417. The Morgan fingerprint density at radius 1 is 1.47 bits per heavy atom. The van der Waals surface area contributed by atoms with Crippen LogP contribution in [0, 0.1) is 10.1 Å². The molecule has 7 heteroatoms. The molecule has 0 aliphatic rings. The smallest absolute Gasteiger partial charge is 0.293 e. The molecule has 0 aliphatic heterocycles. The highest BCUT2D eigenvalue weighted by atomic mass is 16.6. The summed E-state index contributed by atoms with van der Waals surface area (Å²) in [5.74, 6) is 5.09. The minimum absolute atomic E-state index is 0.128. The average Bonchev–Trinajstić information content (AvgIpc) is 2.43. The van der Waals surface area contributed by atoms with Gasteiger partial charge in [-0.1, -0.05) is 6.92 Å². The van der Waals surface area contributed by atoms with Crippen LogP contribution in [0.2, 0.25) is 0 Å². The molecule has 0 unspecified atom stereocenters. The number of nitrogens with two attached hydrogens (primary N) is 1. The van der Waals surface area contributed by atoms with Crippen molar-refractivity contribution in [1.29, 1.82) is 0 Å². The second-order valence-electron chi connectivity index (χ2n) is 4.02. The summed E-state index contributed by atoms with van der Waals surface area (Å²) in [5, 5.41) is 10.8. The van der Waals surface area contributed by atoms with Crippen molar-refractivity contribution in [2.75, 3.05) is 18.5 Å². The van der Waals surface area contributed by atoms with E-state index in [1.54, 1.807) is 4.90 Å². The molecule has 0 radical (unpaired) electrons. The third-order valence-electron chi connectivity index (χ3n) is 2.76. The normalized spacial score (nSPS) is 10.1. The van der Waals surface area contributed by atoms with Gasteiger partial charge in [-0.2, -0.15) is 0 Å². The molecular formula is C12H18N4O3. The van der Waals surface area contributed by atoms with E-state index in [-0.39, 0.29) is 17.3 Å². The molecule has 104 valence electrons. The van der Waals surface area contributed by atoms with Gasteiger partial charge in [-0.25, -0.2) is 0 Å². The van der Waals surface area contributed by atoms with Crippen molar-refractivity contribution >= 4 is 17.3 Å². The SMILES string of the molecule is CCCN(CC)C(=O)c1ccc([N+](=O)[O-])c(NN)c1. The molecule has 0 aromatic heterocycles. The van der Waals surface area contributed by atoms with Gasteiger partial charge in [-0.15, -0.1) is 0 Å². The molecule has 0 heterocycles. The molecule has 3 N–H and O–H groups in total. The number of nitrogens with one attached hydrogen (secondary N) is 1. The molecule has 0 saturated carbocycles. The van der Waals surface area contributed by atoms with Crippen molar-refractivity contribution in [1.82, 2.24) is 4.90 Å². The number of nitro groups is 1. The molecule has 0 bridgehead atoms. The molecule has 1 rings (SSSR count). The van der Waals surface area contributed by atoms with Crippen molar-refractivity contribution in [3.8, 4) is 0 Å². The quantitative estimate of drug-likeness (QED) is 0.464. The zero-order valence-corrected chi connectivity index (χ0v) is 11.0. The van der Waals surface area contributed by atoms with E-state index >= 15 is 0 Å². The first-order chi connectivity index (χ1) is 9.04. The summed E-state index contributed by atoms with van der Waals surface area (Å²) < 4.78 is 0. The van der Waals surface area contributed by atoms with Gasteiger partial charge in [0.2, 0.25) is 0 Å². The van der Waals surface area contributed by atoms with Gasteiger partial charge < -0.3 is 10.3 Å². The number of rotatable bonds is 6. The van der Waals surface area contributed by atoms with Gasteiger partial charge in [0.1, 0.15) is 5.69 Å². The van der Waals surface area contributed by atoms with Gasteiger partial charge in [0.05, 0.1) is 4.92 Å². The molecule has 0 fully saturated rings. The predicted molar refractivity (Wildman–Crippen MR) is 72.8 cm³/mol. The van der Waals surface area contributed by atoms with Crippen LogP contribution in [0.15, 0.2) is 18.2 Å². The van der Waals surface area contributed by atoms with E-state index in [1.807, 2.05) is 13.8 Å². The number of carbonyl (C=O) groups is 1. The predicted octanol–water partition coefficient (Wildman–Crippen LogP) is 1.75. The molecule has 0 aliphatic carbocycles. The Morgan fingerprint density at radius 2 is 2.16 bits per heavy atom. The fourth-order valence-electron chi connectivity index (χ4n) is 1.80. The number of hydrogen-bond donors (Lipinski definition) is 2. The summed E-state index contributed by atoms with van der Waals surface area (Å²) in [5.41, 5.74) is 2.61. The van der Waals surface area contributed by atoms with Crippen LogP contribution < -0.4 is 11.3 Å². The number of amides is 1. The molecule has 7 nitrogen and oxygen atoms in total. The Bertz CT molecular complexity index is 476. The lowest BCUT2D eigenvalue weighted by molar-refractivity contribution is -0.384. The van der Waals surface area contributed by atoms with E-state index in [4.69, 9.17) is 5.84 Å². The average molecular weight is 266 g/mol. The van der Waals surface area contributed by atoms with Crippen LogP contribution in [-0.2, 0) is 0 Å². The molecule has 0 saturated heterocycles. The molecule has 19 heavy (non-hydrogen) atoms. The highest BCUT2D eigenvalue weighted by molar-refractivity contribution is 5.95. The third-order valence-corrected chi connectivity index (χ3v) is 2.76. The summed E-state index contributed by atoms with van der Waals surface area (Å²) in [6.07, 6.45) is 0.856. The summed E-state index contributed by atoms with van der Waals surface area (Å²) >= 11 is 0. The monoisotopic (exact) mass is 266 g/mol. The van der Waals surface area contributed by atoms with E-state index in [1.165, 1.54) is 18.2 Å². The zero-order valence-electron chi connectivity index (χ0n) is 11.0. The molecule has 1 aromatic rings. The summed E-state index contributed by atoms with van der Waals surface area (Å²) in [6, 6.07) is 4.13. The number of hydrazine groups is 1. The Kier molecular flexibility index (Phi) is 5.25. The van der Waals surface area contributed by atoms with Gasteiger partial charge in [-0.3, -0.25) is 20.8 Å². The summed E-state index contributed by atoms with van der Waals surface area (Å²) in [6.45, 7) is 5.12. The molecule has 1 amide bonds. The maximum atomic E-state index is 12.2. The molecular weight excluding hydrogens is 248 g/mol. The lowest BCUT2D eigenvalue weighted by atomic mass is 10.1. The van der Waals surface area contributed by atoms with Crippen LogP contribution in [0.3, 0.4) is 0 Å². The van der Waals surface area contributed by atoms with E-state index < -0.39 is 4.92 Å². The minimum atomic E-state index is -0.549. The van der Waals surface area contributed by atoms with Crippen LogP contribution in [0.5, 0.6) is 0 Å². The van der Waals surface area contributed by atoms with Gasteiger partial charge in [0.15, 0.2) is 0 Å². The topological polar surface area (TPSA) is 102 Å². The minimum Gasteiger partial charge on any atom is -0.339 e. The van der Waals surface area contributed by atoms with Crippen LogP contribution >= 0.6 is 0 Å². The maximum Gasteiger partial charge on any atom is 0.293 e. The van der Waals surface area contributed by atoms with Crippen molar-refractivity contribution in [3.63, 3.8) is 0 Å². The number of nitro benzene ring substituents is 1. The fourth-order valence-corrected chi connectivity index (χ4v) is 1.80. The number of carbonyl (C=O) groups excluding carboxylic acids is 1. The first kappa shape index (κ1) is 14.9. The van der Waals surface area contributed by atoms with E-state index in [0.29, 0.717) is 18.7 Å². The van der Waals surface area contributed by atoms with Gasteiger partial charge in [0.25, 0.3) is 11.6 Å². The zero-order chi connectivity index (χ0) is 14.4. The highest BCUT2D eigenvalue weighted by Crippen LogP contribution is 2.25. The Balaban J connectivity index is 3.08. The number of nitrogens with zero attached hydrogens (tertiary/aromatic N) is 2. The number of hydrogen-bond acceptors (Lipinski definition) is 5. The lowest BCUT2D eigenvalue weighted by Gasteiger charge is -2.20. The third kappa shape index (κ3) is 3.41. The van der Waals surface area contributed by atoms with Gasteiger partial charge >= 0.3 is 0 Å². The van der Waals surface area contributed by atoms with Crippen molar-refractivity contribution < 1.29 is 9.72 Å². The van der Waals surface area contributed by atoms with Gasteiger partial charge in [-0.05, 0) is 25.5 Å². The van der Waals surface area contributed by atoms with E-state index in [2.05, 4.69) is 5.43 Å². The van der Waals surface area contributed by atoms with Crippen molar-refractivity contribution in [3.05, 3.63) is 33.9 Å². The standard InChI is InChI=1S/C12H18N4O3/c1-3-7-15(4-2)12(17)9-5-6-11(16(18)19)10(8-9)14-13/h5-6,8,14H,3-4,7,13H2,1-2H3. The van der Waals surface area contributed by atoms with Crippen LogP contribution in [0.1, 0.15) is 30.6 Å². The Labute approximate surface area is 111 Å². The van der Waals surface area contributed by atoms with Crippen molar-refractivity contribution in [2.24, 2.45) is 5.84 Å². The summed E-state index contributed by atoms with van der Waals surface area (Å²) in [7, 11) is 0. The number of nitrogen functional groups attached to an aromatic ring is 1. The maximum absolute atomic E-state index is 12.2. The van der Waals surface area contributed by atoms with E-state index in [0.717, 1.165) is 6.42 Å². The molecule has 0 atom stereocenters. The number of benzene rings is 1. The second kappa shape index (κ2) is 6.69. The van der Waals surface area contributed by atoms with Crippen LogP contribution in [0.25, 0.3) is 0 Å². The number of anilines is 1. The largest absolute Gasteiger partial charge is 0.339 e.